The summed E-state index contributed by atoms with van der Waals surface area (Å²) in [6, 6.07) is 0.628. The van der Waals surface area contributed by atoms with Gasteiger partial charge in [0.1, 0.15) is 0 Å². The number of hydrogen-bond donors (Lipinski definition) is 2. The van der Waals surface area contributed by atoms with E-state index in [1.807, 2.05) is 14.0 Å². The van der Waals surface area contributed by atoms with Crippen LogP contribution in [0.3, 0.4) is 0 Å². The zero-order valence-electron chi connectivity index (χ0n) is 10.0. The molecule has 1 aliphatic carbocycles. The lowest BCUT2D eigenvalue weighted by molar-refractivity contribution is 0.145. The second kappa shape index (κ2) is 6.67. The van der Waals surface area contributed by atoms with E-state index in [0.717, 1.165) is 38.1 Å². The van der Waals surface area contributed by atoms with Gasteiger partial charge in [-0.3, -0.25) is 4.99 Å². The first-order chi connectivity index (χ1) is 7.27. The Morgan fingerprint density at radius 1 is 1.53 bits per heavy atom. The van der Waals surface area contributed by atoms with Crippen LogP contribution < -0.4 is 10.6 Å². The molecular weight excluding hydrogens is 190 g/mol. The summed E-state index contributed by atoms with van der Waals surface area (Å²) >= 11 is 0. The Morgan fingerprint density at radius 2 is 2.27 bits per heavy atom. The highest BCUT2D eigenvalue weighted by Crippen LogP contribution is 2.28. The standard InChI is InChI=1S/C11H23N3O/c1-4-15-7-5-6-13-11(12-3)14-10-8-9(10)2/h9-10H,4-8H2,1-3H3,(H2,12,13,14). The third-order valence-corrected chi connectivity index (χ3v) is 2.62. The van der Waals surface area contributed by atoms with Crippen LogP contribution >= 0.6 is 0 Å². The Labute approximate surface area is 92.5 Å². The number of rotatable bonds is 6. The van der Waals surface area contributed by atoms with Crippen LogP contribution in [0.2, 0.25) is 0 Å². The quantitative estimate of drug-likeness (QED) is 0.393. The average molecular weight is 213 g/mol. The van der Waals surface area contributed by atoms with Gasteiger partial charge in [-0.05, 0) is 25.7 Å². The molecule has 0 radical (unpaired) electrons. The molecule has 0 bridgehead atoms. The van der Waals surface area contributed by atoms with E-state index in [-0.39, 0.29) is 0 Å². The van der Waals surface area contributed by atoms with Crippen molar-refractivity contribution in [1.82, 2.24) is 10.6 Å². The van der Waals surface area contributed by atoms with Crippen LogP contribution in [0.15, 0.2) is 4.99 Å². The SMILES string of the molecule is CCOCCCNC(=NC)NC1CC1C. The van der Waals surface area contributed by atoms with Gasteiger partial charge < -0.3 is 15.4 Å². The number of aliphatic imine (C=N–C) groups is 1. The molecule has 2 N–H and O–H groups in total. The minimum absolute atomic E-state index is 0.628. The lowest BCUT2D eigenvalue weighted by Crippen LogP contribution is -2.39. The zero-order chi connectivity index (χ0) is 11.1. The van der Waals surface area contributed by atoms with E-state index in [1.54, 1.807) is 0 Å². The van der Waals surface area contributed by atoms with Gasteiger partial charge in [-0.2, -0.15) is 0 Å². The minimum atomic E-state index is 0.628. The molecule has 4 nitrogen and oxygen atoms in total. The zero-order valence-corrected chi connectivity index (χ0v) is 10.0. The molecule has 0 heterocycles. The Morgan fingerprint density at radius 3 is 2.80 bits per heavy atom. The van der Waals surface area contributed by atoms with E-state index in [9.17, 15) is 0 Å². The van der Waals surface area contributed by atoms with Crippen molar-refractivity contribution in [3.8, 4) is 0 Å². The first-order valence-corrected chi connectivity index (χ1v) is 5.82. The Hall–Kier alpha value is -0.770. The molecule has 0 aromatic heterocycles. The van der Waals surface area contributed by atoms with Gasteiger partial charge in [-0.1, -0.05) is 6.92 Å². The summed E-state index contributed by atoms with van der Waals surface area (Å²) in [5.74, 6) is 1.72. The van der Waals surface area contributed by atoms with E-state index in [0.29, 0.717) is 6.04 Å². The summed E-state index contributed by atoms with van der Waals surface area (Å²) in [6.45, 7) is 6.80. The predicted octanol–water partition coefficient (Wildman–Crippen LogP) is 0.986. The van der Waals surface area contributed by atoms with Gasteiger partial charge in [0.15, 0.2) is 5.96 Å². The van der Waals surface area contributed by atoms with E-state index in [1.165, 1.54) is 6.42 Å². The van der Waals surface area contributed by atoms with Gasteiger partial charge in [-0.25, -0.2) is 0 Å². The number of nitrogens with one attached hydrogen (secondary N) is 2. The molecule has 1 rings (SSSR count). The fraction of sp³-hybridized carbons (Fsp3) is 0.909. The van der Waals surface area contributed by atoms with Gasteiger partial charge in [-0.15, -0.1) is 0 Å². The highest BCUT2D eigenvalue weighted by Gasteiger charge is 2.32. The molecule has 0 saturated heterocycles. The van der Waals surface area contributed by atoms with Crippen LogP contribution in [-0.2, 0) is 4.74 Å². The van der Waals surface area contributed by atoms with Crippen molar-refractivity contribution in [2.24, 2.45) is 10.9 Å². The monoisotopic (exact) mass is 213 g/mol. The van der Waals surface area contributed by atoms with Gasteiger partial charge in [0, 0.05) is 32.8 Å². The maximum atomic E-state index is 5.26. The molecular formula is C11H23N3O. The Bertz CT molecular complexity index is 206. The normalized spacial score (nSPS) is 25.1. The number of hydrogen-bond acceptors (Lipinski definition) is 2. The molecule has 15 heavy (non-hydrogen) atoms. The van der Waals surface area contributed by atoms with Crippen molar-refractivity contribution in [2.75, 3.05) is 26.8 Å². The third kappa shape index (κ3) is 5.02. The van der Waals surface area contributed by atoms with E-state index in [2.05, 4.69) is 22.5 Å². The van der Waals surface area contributed by atoms with Crippen LogP contribution in [0.4, 0.5) is 0 Å². The van der Waals surface area contributed by atoms with Crippen LogP contribution in [0.1, 0.15) is 26.7 Å². The van der Waals surface area contributed by atoms with Gasteiger partial charge in [0.25, 0.3) is 0 Å². The predicted molar refractivity (Wildman–Crippen MR) is 63.2 cm³/mol. The van der Waals surface area contributed by atoms with E-state index >= 15 is 0 Å². The Balaban J connectivity index is 2.02. The van der Waals surface area contributed by atoms with E-state index in [4.69, 9.17) is 4.74 Å². The summed E-state index contributed by atoms with van der Waals surface area (Å²) in [7, 11) is 1.81. The molecule has 4 heteroatoms. The molecule has 1 aliphatic rings. The molecule has 0 spiro atoms. The van der Waals surface area contributed by atoms with Crippen molar-refractivity contribution < 1.29 is 4.74 Å². The highest BCUT2D eigenvalue weighted by molar-refractivity contribution is 5.80. The van der Waals surface area contributed by atoms with Crippen LogP contribution in [-0.4, -0.2) is 38.8 Å². The van der Waals surface area contributed by atoms with Crippen molar-refractivity contribution in [1.29, 1.82) is 0 Å². The van der Waals surface area contributed by atoms with Crippen LogP contribution in [0.5, 0.6) is 0 Å². The van der Waals surface area contributed by atoms with Crippen LogP contribution in [0.25, 0.3) is 0 Å². The van der Waals surface area contributed by atoms with Gasteiger partial charge >= 0.3 is 0 Å². The molecule has 0 aromatic carbocycles. The maximum Gasteiger partial charge on any atom is 0.191 e. The number of guanidine groups is 1. The van der Waals surface area contributed by atoms with Crippen molar-refractivity contribution in [3.05, 3.63) is 0 Å². The van der Waals surface area contributed by atoms with Gasteiger partial charge in [0.2, 0.25) is 0 Å². The first kappa shape index (κ1) is 12.3. The van der Waals surface area contributed by atoms with E-state index < -0.39 is 0 Å². The lowest BCUT2D eigenvalue weighted by atomic mass is 10.4. The smallest absolute Gasteiger partial charge is 0.191 e. The molecule has 0 aliphatic heterocycles. The molecule has 2 unspecified atom stereocenters. The molecule has 88 valence electrons. The molecule has 0 amide bonds. The number of nitrogens with zero attached hydrogens (tertiary/aromatic N) is 1. The van der Waals surface area contributed by atoms with Crippen molar-refractivity contribution >= 4 is 5.96 Å². The second-order valence-corrected chi connectivity index (χ2v) is 4.01. The number of ether oxygens (including phenoxy) is 1. The maximum absolute atomic E-state index is 5.26. The Kier molecular flexibility index (Phi) is 5.47. The first-order valence-electron chi connectivity index (χ1n) is 5.82. The third-order valence-electron chi connectivity index (χ3n) is 2.62. The summed E-state index contributed by atoms with van der Waals surface area (Å²) < 4.78 is 5.26. The summed E-state index contributed by atoms with van der Waals surface area (Å²) in [6.07, 6.45) is 2.29. The van der Waals surface area contributed by atoms with Crippen LogP contribution in [0, 0.1) is 5.92 Å². The minimum Gasteiger partial charge on any atom is -0.382 e. The fourth-order valence-corrected chi connectivity index (χ4v) is 1.42. The summed E-state index contributed by atoms with van der Waals surface area (Å²) in [5, 5.41) is 6.66. The molecule has 1 fully saturated rings. The lowest BCUT2D eigenvalue weighted by Gasteiger charge is -2.11. The van der Waals surface area contributed by atoms with Gasteiger partial charge in [0.05, 0.1) is 0 Å². The molecule has 0 aromatic rings. The molecule has 1 saturated carbocycles. The van der Waals surface area contributed by atoms with Crippen molar-refractivity contribution in [2.45, 2.75) is 32.7 Å². The van der Waals surface area contributed by atoms with Crippen molar-refractivity contribution in [3.63, 3.8) is 0 Å². The topological polar surface area (TPSA) is 45.6 Å². The highest BCUT2D eigenvalue weighted by atomic mass is 16.5. The summed E-state index contributed by atoms with van der Waals surface area (Å²) in [5.41, 5.74) is 0. The summed E-state index contributed by atoms with van der Waals surface area (Å²) in [4.78, 5) is 4.17. The fourth-order valence-electron chi connectivity index (χ4n) is 1.42. The largest absolute Gasteiger partial charge is 0.382 e. The second-order valence-electron chi connectivity index (χ2n) is 4.01. The molecule has 2 atom stereocenters. The average Bonchev–Trinajstić information content (AvgIpc) is 2.92.